The van der Waals surface area contributed by atoms with Crippen LogP contribution in [0.2, 0.25) is 5.02 Å². The Balaban J connectivity index is 2.19. The van der Waals surface area contributed by atoms with Gasteiger partial charge < -0.3 is 9.73 Å². The quantitative estimate of drug-likeness (QED) is 0.852. The molecule has 106 valence electrons. The molecule has 1 aromatic carbocycles. The third-order valence-corrected chi connectivity index (χ3v) is 2.53. The summed E-state index contributed by atoms with van der Waals surface area (Å²) in [4.78, 5) is 11.6. The summed E-state index contributed by atoms with van der Waals surface area (Å²) in [5.41, 5.74) is -1.43. The Kier molecular flexibility index (Phi) is 3.89. The smallest absolute Gasteiger partial charge is 0.418 e. The third kappa shape index (κ3) is 3.45. The van der Waals surface area contributed by atoms with Crippen LogP contribution in [-0.4, -0.2) is 6.03 Å². The molecule has 0 bridgehead atoms. The van der Waals surface area contributed by atoms with Crippen molar-refractivity contribution < 1.29 is 22.4 Å². The maximum atomic E-state index is 12.8. The van der Waals surface area contributed by atoms with Gasteiger partial charge in [-0.2, -0.15) is 13.2 Å². The molecule has 0 fully saturated rings. The number of benzene rings is 1. The summed E-state index contributed by atoms with van der Waals surface area (Å²) in [6.07, 6.45) is -3.31. The largest absolute Gasteiger partial charge is 0.449 e. The summed E-state index contributed by atoms with van der Waals surface area (Å²) in [5.74, 6) is 0.116. The van der Waals surface area contributed by atoms with E-state index in [-0.39, 0.29) is 10.9 Å². The fourth-order valence-corrected chi connectivity index (χ4v) is 1.65. The van der Waals surface area contributed by atoms with Crippen LogP contribution < -0.4 is 10.6 Å². The number of carbonyl (C=O) groups excluding carboxylic acids is 1. The highest BCUT2D eigenvalue weighted by Crippen LogP contribution is 2.36. The Labute approximate surface area is 116 Å². The number of hydrogen-bond donors (Lipinski definition) is 2. The lowest BCUT2D eigenvalue weighted by molar-refractivity contribution is -0.136. The zero-order valence-electron chi connectivity index (χ0n) is 9.79. The molecule has 0 radical (unpaired) electrons. The van der Waals surface area contributed by atoms with Crippen LogP contribution in [0, 0.1) is 0 Å². The van der Waals surface area contributed by atoms with Crippen molar-refractivity contribution in [2.45, 2.75) is 6.18 Å². The zero-order chi connectivity index (χ0) is 14.8. The lowest BCUT2D eigenvalue weighted by Gasteiger charge is -2.14. The van der Waals surface area contributed by atoms with Crippen molar-refractivity contribution in [3.63, 3.8) is 0 Å². The zero-order valence-corrected chi connectivity index (χ0v) is 10.5. The van der Waals surface area contributed by atoms with Gasteiger partial charge in [-0.3, -0.25) is 5.32 Å². The van der Waals surface area contributed by atoms with Crippen LogP contribution in [0.15, 0.2) is 41.0 Å². The molecule has 4 nitrogen and oxygen atoms in total. The molecule has 0 aliphatic carbocycles. The molecule has 1 aromatic heterocycles. The first-order valence-corrected chi connectivity index (χ1v) is 5.72. The SMILES string of the molecule is O=C(Nc1ccco1)Nc1ccc(Cl)cc1C(F)(F)F. The van der Waals surface area contributed by atoms with Crippen LogP contribution in [0.25, 0.3) is 0 Å². The highest BCUT2D eigenvalue weighted by Gasteiger charge is 2.34. The standard InChI is InChI=1S/C12H8ClF3N2O2/c13-7-3-4-9(8(6-7)12(14,15)16)17-11(19)18-10-2-1-5-20-10/h1-6H,(H2,17,18,19). The summed E-state index contributed by atoms with van der Waals surface area (Å²) in [6, 6.07) is 5.19. The highest BCUT2D eigenvalue weighted by molar-refractivity contribution is 6.30. The van der Waals surface area contributed by atoms with Crippen LogP contribution in [0.5, 0.6) is 0 Å². The molecule has 1 heterocycles. The topological polar surface area (TPSA) is 54.3 Å². The number of anilines is 2. The van der Waals surface area contributed by atoms with E-state index in [1.807, 2.05) is 0 Å². The normalized spacial score (nSPS) is 11.2. The molecule has 2 aromatic rings. The second-order valence-electron chi connectivity index (χ2n) is 3.74. The van der Waals surface area contributed by atoms with E-state index in [0.29, 0.717) is 0 Å². The van der Waals surface area contributed by atoms with Gasteiger partial charge in [-0.15, -0.1) is 0 Å². The predicted octanol–water partition coefficient (Wildman–Crippen LogP) is 4.60. The third-order valence-electron chi connectivity index (χ3n) is 2.29. The number of hydrogen-bond acceptors (Lipinski definition) is 2. The average molecular weight is 305 g/mol. The molecule has 0 spiro atoms. The molecule has 2 amide bonds. The van der Waals surface area contributed by atoms with Crippen LogP contribution in [-0.2, 0) is 6.18 Å². The molecule has 2 N–H and O–H groups in total. The lowest BCUT2D eigenvalue weighted by Crippen LogP contribution is -2.21. The number of nitrogens with one attached hydrogen (secondary N) is 2. The maximum Gasteiger partial charge on any atom is 0.418 e. The van der Waals surface area contributed by atoms with Gasteiger partial charge in [0.15, 0.2) is 0 Å². The molecule has 0 saturated carbocycles. The minimum Gasteiger partial charge on any atom is -0.449 e. The lowest BCUT2D eigenvalue weighted by atomic mass is 10.1. The van der Waals surface area contributed by atoms with Crippen molar-refractivity contribution >= 4 is 29.2 Å². The Hall–Kier alpha value is -2.15. The van der Waals surface area contributed by atoms with E-state index >= 15 is 0 Å². The number of carbonyl (C=O) groups is 1. The van der Waals surface area contributed by atoms with Crippen LogP contribution in [0.3, 0.4) is 0 Å². The Morgan fingerprint density at radius 2 is 1.95 bits per heavy atom. The number of alkyl halides is 3. The van der Waals surface area contributed by atoms with Crippen molar-refractivity contribution in [3.8, 4) is 0 Å². The molecule has 0 unspecified atom stereocenters. The highest BCUT2D eigenvalue weighted by atomic mass is 35.5. The van der Waals surface area contributed by atoms with Gasteiger partial charge >= 0.3 is 12.2 Å². The van der Waals surface area contributed by atoms with E-state index in [1.54, 1.807) is 0 Å². The van der Waals surface area contributed by atoms with Gasteiger partial charge in [0.05, 0.1) is 17.5 Å². The molecule has 0 aliphatic heterocycles. The molecular weight excluding hydrogens is 297 g/mol. The van der Waals surface area contributed by atoms with E-state index in [4.69, 9.17) is 16.0 Å². The molecule has 0 saturated heterocycles. The van der Waals surface area contributed by atoms with Crippen LogP contribution >= 0.6 is 11.6 Å². The monoisotopic (exact) mass is 304 g/mol. The van der Waals surface area contributed by atoms with Gasteiger partial charge in [0.2, 0.25) is 5.88 Å². The summed E-state index contributed by atoms with van der Waals surface area (Å²) in [6.45, 7) is 0. The minimum atomic E-state index is -4.63. The van der Waals surface area contributed by atoms with Gasteiger partial charge in [-0.25, -0.2) is 4.79 Å². The Bertz CT molecular complexity index is 612. The fraction of sp³-hybridized carbons (Fsp3) is 0.0833. The van der Waals surface area contributed by atoms with Gasteiger partial charge in [-0.1, -0.05) is 11.6 Å². The van der Waals surface area contributed by atoms with Crippen molar-refractivity contribution in [1.82, 2.24) is 0 Å². The van der Waals surface area contributed by atoms with Gasteiger partial charge in [0.1, 0.15) is 0 Å². The number of furan rings is 1. The fourth-order valence-electron chi connectivity index (χ4n) is 1.48. The minimum absolute atomic E-state index is 0.0747. The Morgan fingerprint density at radius 1 is 1.20 bits per heavy atom. The van der Waals surface area contributed by atoms with Gasteiger partial charge in [-0.05, 0) is 24.3 Å². The first kappa shape index (κ1) is 14.3. The Morgan fingerprint density at radius 3 is 2.55 bits per heavy atom. The number of rotatable bonds is 2. The number of amides is 2. The van der Waals surface area contributed by atoms with Crippen LogP contribution in [0.4, 0.5) is 29.5 Å². The molecule has 2 rings (SSSR count). The summed E-state index contributed by atoms with van der Waals surface area (Å²) in [5, 5.41) is 4.27. The molecule has 0 aliphatic rings. The first-order chi connectivity index (χ1) is 9.36. The average Bonchev–Trinajstić information content (AvgIpc) is 2.82. The predicted molar refractivity (Wildman–Crippen MR) is 67.8 cm³/mol. The number of halogens is 4. The van der Waals surface area contributed by atoms with Gasteiger partial charge in [0, 0.05) is 11.1 Å². The second kappa shape index (κ2) is 5.46. The molecule has 0 atom stereocenters. The van der Waals surface area contributed by atoms with Gasteiger partial charge in [0.25, 0.3) is 0 Å². The first-order valence-electron chi connectivity index (χ1n) is 5.34. The van der Waals surface area contributed by atoms with E-state index in [0.717, 1.165) is 12.1 Å². The molecular formula is C12H8ClF3N2O2. The van der Waals surface area contributed by atoms with Crippen molar-refractivity contribution in [2.24, 2.45) is 0 Å². The second-order valence-corrected chi connectivity index (χ2v) is 4.18. The van der Waals surface area contributed by atoms with E-state index in [2.05, 4.69) is 10.6 Å². The van der Waals surface area contributed by atoms with Crippen molar-refractivity contribution in [3.05, 3.63) is 47.2 Å². The molecule has 20 heavy (non-hydrogen) atoms. The number of urea groups is 1. The summed E-state index contributed by atoms with van der Waals surface area (Å²) < 4.78 is 43.3. The summed E-state index contributed by atoms with van der Waals surface area (Å²) in [7, 11) is 0. The van der Waals surface area contributed by atoms with Crippen molar-refractivity contribution in [1.29, 1.82) is 0 Å². The van der Waals surface area contributed by atoms with E-state index < -0.39 is 23.5 Å². The van der Waals surface area contributed by atoms with E-state index in [9.17, 15) is 18.0 Å². The summed E-state index contributed by atoms with van der Waals surface area (Å²) >= 11 is 5.53. The molecule has 8 heteroatoms. The maximum absolute atomic E-state index is 12.8. The van der Waals surface area contributed by atoms with Crippen LogP contribution in [0.1, 0.15) is 5.56 Å². The van der Waals surface area contributed by atoms with Crippen molar-refractivity contribution in [2.75, 3.05) is 10.6 Å². The van der Waals surface area contributed by atoms with E-state index in [1.165, 1.54) is 24.5 Å².